The normalized spacial score (nSPS) is 23.2. The fraction of sp³-hybridized carbons (Fsp3) is 0.667. The van der Waals surface area contributed by atoms with Gasteiger partial charge in [0.2, 0.25) is 0 Å². The van der Waals surface area contributed by atoms with Gasteiger partial charge in [0.25, 0.3) is 0 Å². The molecule has 6 heavy (non-hydrogen) atoms. The van der Waals surface area contributed by atoms with E-state index in [0.29, 0.717) is 0 Å². The highest BCUT2D eigenvalue weighted by Crippen LogP contribution is 1.73. The van der Waals surface area contributed by atoms with E-state index in [9.17, 15) is 4.79 Å². The molecule has 0 spiro atoms. The number of aliphatic carboxylic acids is 1. The van der Waals surface area contributed by atoms with Crippen LogP contribution in [0.4, 0.5) is 0 Å². The molecule has 0 aliphatic heterocycles. The number of aliphatic hydroxyl groups excluding tert-OH is 1. The third kappa shape index (κ3) is 1.72. The van der Waals surface area contributed by atoms with Gasteiger partial charge in [-0.25, -0.2) is 4.79 Å². The van der Waals surface area contributed by atoms with Crippen molar-refractivity contribution < 1.29 is 19.1 Å². The van der Waals surface area contributed by atoms with E-state index in [2.05, 4.69) is 0 Å². The Balaban J connectivity index is 4.04. The molecular formula is C3H6O3. The van der Waals surface area contributed by atoms with Gasteiger partial charge in [-0.1, -0.05) is 0 Å². The molecule has 0 heterocycles. The number of hydrogen-bond donors (Lipinski definition) is 2. The first kappa shape index (κ1) is 1.93. The van der Waals surface area contributed by atoms with Crippen LogP contribution in [0.25, 0.3) is 0 Å². The topological polar surface area (TPSA) is 57.5 Å². The number of carboxylic acids is 1. The zero-order chi connectivity index (χ0) is 7.65. The Hall–Kier alpha value is -0.570. The Morgan fingerprint density at radius 1 is 2.17 bits per heavy atom. The highest BCUT2D eigenvalue weighted by Gasteiger charge is 2.01. The maximum atomic E-state index is 9.74. The summed E-state index contributed by atoms with van der Waals surface area (Å²) in [6.45, 7) is -2.81. The Bertz CT molecular complexity index is 118. The molecule has 0 saturated carbocycles. The van der Waals surface area contributed by atoms with E-state index in [1.807, 2.05) is 0 Å². The van der Waals surface area contributed by atoms with Crippen LogP contribution in [0.15, 0.2) is 0 Å². The molecule has 0 aromatic carbocycles. The molecule has 36 valence electrons. The summed E-state index contributed by atoms with van der Waals surface area (Å²) in [4.78, 5) is 9.74. The maximum Gasteiger partial charge on any atom is 0.332 e. The van der Waals surface area contributed by atoms with E-state index >= 15 is 0 Å². The highest BCUT2D eigenvalue weighted by molar-refractivity contribution is 5.71. The second-order valence-electron chi connectivity index (χ2n) is 0.741. The summed E-state index contributed by atoms with van der Waals surface area (Å²) in [6, 6.07) is 0. The van der Waals surface area contributed by atoms with E-state index in [-0.39, 0.29) is 0 Å². The van der Waals surface area contributed by atoms with Crippen molar-refractivity contribution in [2.45, 2.75) is 13.0 Å². The van der Waals surface area contributed by atoms with Crippen molar-refractivity contribution in [3.8, 4) is 0 Å². The van der Waals surface area contributed by atoms with Crippen molar-refractivity contribution in [1.29, 1.82) is 0 Å². The molecular weight excluding hydrogens is 84.0 g/mol. The molecule has 2 N–H and O–H groups in total. The lowest BCUT2D eigenvalue weighted by Gasteiger charge is -1.89. The standard InChI is InChI=1S/C3H6O3/c1-2(4)3(5)6/h2,4H,1H3,(H,5,6)/i1D3. The van der Waals surface area contributed by atoms with Crippen LogP contribution in [0.5, 0.6) is 0 Å². The number of rotatable bonds is 1. The molecule has 0 aliphatic carbocycles. The van der Waals surface area contributed by atoms with Gasteiger partial charge in [-0.15, -0.1) is 0 Å². The molecule has 0 aromatic rings. The molecule has 0 saturated heterocycles. The van der Waals surface area contributed by atoms with Gasteiger partial charge in [-0.3, -0.25) is 0 Å². The monoisotopic (exact) mass is 93.1 g/mol. The summed E-state index contributed by atoms with van der Waals surface area (Å²) in [5.41, 5.74) is 0. The van der Waals surface area contributed by atoms with Crippen molar-refractivity contribution in [2.24, 2.45) is 0 Å². The van der Waals surface area contributed by atoms with Gasteiger partial charge in [0.15, 0.2) is 0 Å². The molecule has 0 bridgehead atoms. The van der Waals surface area contributed by atoms with E-state index < -0.39 is 18.9 Å². The SMILES string of the molecule is [2H]C([2H])([2H])C(O)C(=O)O. The minimum atomic E-state index is -2.81. The molecule has 0 fully saturated rings. The Morgan fingerprint density at radius 2 is 2.67 bits per heavy atom. The van der Waals surface area contributed by atoms with E-state index in [1.54, 1.807) is 0 Å². The molecule has 1 atom stereocenters. The first-order valence-corrected chi connectivity index (χ1v) is 1.26. The molecule has 3 nitrogen and oxygen atoms in total. The molecule has 3 heteroatoms. The summed E-state index contributed by atoms with van der Waals surface area (Å²) in [7, 11) is 0. The number of carbonyl (C=O) groups is 1. The quantitative estimate of drug-likeness (QED) is 0.457. The fourth-order valence-electron chi connectivity index (χ4n) is 0. The zero-order valence-electron chi connectivity index (χ0n) is 5.88. The smallest absolute Gasteiger partial charge is 0.332 e. The number of carboxylic acid groups (broad SMARTS) is 1. The van der Waals surface area contributed by atoms with Gasteiger partial charge >= 0.3 is 5.97 Å². The van der Waals surface area contributed by atoms with Crippen LogP contribution in [-0.4, -0.2) is 22.3 Å². The average Bonchev–Trinajstić information content (AvgIpc) is 1.62. The van der Waals surface area contributed by atoms with Gasteiger partial charge in [0.1, 0.15) is 6.10 Å². The minimum absolute atomic E-state index is 1.73. The third-order valence-electron chi connectivity index (χ3n) is 0.234. The number of aliphatic hydroxyl groups is 1. The van der Waals surface area contributed by atoms with Crippen molar-refractivity contribution in [1.82, 2.24) is 0 Å². The Kier molecular flexibility index (Phi) is 0.569. The minimum Gasteiger partial charge on any atom is -0.479 e. The average molecular weight is 93.1 g/mol. The Labute approximate surface area is 39.4 Å². The molecule has 0 rings (SSSR count). The van der Waals surface area contributed by atoms with Crippen molar-refractivity contribution in [3.63, 3.8) is 0 Å². The lowest BCUT2D eigenvalue weighted by atomic mass is 10.4. The summed E-state index contributed by atoms with van der Waals surface area (Å²) >= 11 is 0. The second-order valence-corrected chi connectivity index (χ2v) is 0.741. The van der Waals surface area contributed by atoms with Gasteiger partial charge in [-0.05, 0) is 6.85 Å². The summed E-state index contributed by atoms with van der Waals surface area (Å²) in [5, 5.41) is 16.2. The molecule has 0 aromatic heterocycles. The summed E-state index contributed by atoms with van der Waals surface area (Å²) in [5.74, 6) is -1.73. The number of hydrogen-bond acceptors (Lipinski definition) is 2. The Morgan fingerprint density at radius 3 is 2.67 bits per heavy atom. The van der Waals surface area contributed by atoms with Crippen molar-refractivity contribution >= 4 is 5.97 Å². The maximum absolute atomic E-state index is 9.74. The molecule has 0 amide bonds. The molecule has 0 radical (unpaired) electrons. The van der Waals surface area contributed by atoms with Crippen LogP contribution in [0.2, 0.25) is 0 Å². The van der Waals surface area contributed by atoms with Crippen molar-refractivity contribution in [2.75, 3.05) is 0 Å². The largest absolute Gasteiger partial charge is 0.479 e. The van der Waals surface area contributed by atoms with E-state index in [0.717, 1.165) is 0 Å². The lowest BCUT2D eigenvalue weighted by molar-refractivity contribution is -0.145. The summed E-state index contributed by atoms with van der Waals surface area (Å²) < 4.78 is 19.1. The fourth-order valence-corrected chi connectivity index (χ4v) is 0. The summed E-state index contributed by atoms with van der Waals surface area (Å²) in [6.07, 6.45) is -2.27. The highest BCUT2D eigenvalue weighted by atomic mass is 16.4. The second kappa shape index (κ2) is 1.77. The molecule has 0 aliphatic rings. The van der Waals surface area contributed by atoms with Crippen LogP contribution in [-0.2, 0) is 4.79 Å². The van der Waals surface area contributed by atoms with Gasteiger partial charge in [-0.2, -0.15) is 0 Å². The predicted molar refractivity (Wildman–Crippen MR) is 19.3 cm³/mol. The first-order valence-electron chi connectivity index (χ1n) is 2.76. The van der Waals surface area contributed by atoms with Crippen LogP contribution < -0.4 is 0 Å². The predicted octanol–water partition coefficient (Wildman–Crippen LogP) is -0.548. The van der Waals surface area contributed by atoms with E-state index in [1.165, 1.54) is 0 Å². The van der Waals surface area contributed by atoms with Gasteiger partial charge < -0.3 is 10.2 Å². The molecule has 1 unspecified atom stereocenters. The van der Waals surface area contributed by atoms with Gasteiger partial charge in [0.05, 0.1) is 0 Å². The van der Waals surface area contributed by atoms with Gasteiger partial charge in [0, 0.05) is 4.11 Å². The van der Waals surface area contributed by atoms with E-state index in [4.69, 9.17) is 14.3 Å². The van der Waals surface area contributed by atoms with Crippen LogP contribution in [0.3, 0.4) is 0 Å². The van der Waals surface area contributed by atoms with Crippen molar-refractivity contribution in [3.05, 3.63) is 0 Å². The zero-order valence-corrected chi connectivity index (χ0v) is 2.88. The van der Waals surface area contributed by atoms with Crippen LogP contribution in [0.1, 0.15) is 11.0 Å². The van der Waals surface area contributed by atoms with Crippen LogP contribution >= 0.6 is 0 Å². The van der Waals surface area contributed by atoms with Crippen LogP contribution in [0, 0.1) is 0 Å². The first-order chi connectivity index (χ1) is 3.85. The lowest BCUT2D eigenvalue weighted by Crippen LogP contribution is -2.13. The third-order valence-corrected chi connectivity index (χ3v) is 0.234.